The Morgan fingerprint density at radius 2 is 1.57 bits per heavy atom. The van der Waals surface area contributed by atoms with Crippen LogP contribution in [0.15, 0.2) is 63.8 Å². The normalized spacial score (nSPS) is 12.2. The lowest BCUT2D eigenvalue weighted by molar-refractivity contribution is 0.562. The summed E-state index contributed by atoms with van der Waals surface area (Å²) in [5, 5.41) is 5.58. The van der Waals surface area contributed by atoms with Crippen molar-refractivity contribution in [1.29, 1.82) is 0 Å². The molecule has 0 fully saturated rings. The summed E-state index contributed by atoms with van der Waals surface area (Å²) in [6, 6.07) is 17.2. The van der Waals surface area contributed by atoms with Crippen molar-refractivity contribution in [2.45, 2.75) is 26.2 Å². The molecule has 0 aliphatic rings. The molecule has 6 nitrogen and oxygen atoms in total. The molecule has 5 rings (SSSR count). The summed E-state index contributed by atoms with van der Waals surface area (Å²) in [6.45, 7) is 6.20. The van der Waals surface area contributed by atoms with E-state index in [0.717, 1.165) is 16.8 Å². The van der Waals surface area contributed by atoms with Gasteiger partial charge >= 0.3 is 5.63 Å². The lowest BCUT2D eigenvalue weighted by Crippen LogP contribution is -2.13. The molecule has 0 atom stereocenters. The van der Waals surface area contributed by atoms with Gasteiger partial charge in [0.25, 0.3) is 0 Å². The molecule has 28 heavy (non-hydrogen) atoms. The highest BCUT2D eigenvalue weighted by Gasteiger charge is 2.26. The lowest BCUT2D eigenvalue weighted by Gasteiger charge is -2.14. The van der Waals surface area contributed by atoms with Gasteiger partial charge in [-0.15, -0.1) is 0 Å². The smallest absolute Gasteiger partial charge is 0.364 e. The van der Waals surface area contributed by atoms with Gasteiger partial charge in [-0.05, 0) is 24.3 Å². The third-order valence-electron chi connectivity index (χ3n) is 4.75. The summed E-state index contributed by atoms with van der Waals surface area (Å²) in [4.78, 5) is 22.1. The maximum Gasteiger partial charge on any atom is 0.364 e. The summed E-state index contributed by atoms with van der Waals surface area (Å²) in [7, 11) is 0. The van der Waals surface area contributed by atoms with E-state index < -0.39 is 5.63 Å². The van der Waals surface area contributed by atoms with Crippen LogP contribution in [0.25, 0.3) is 38.9 Å². The molecule has 0 aliphatic carbocycles. The van der Waals surface area contributed by atoms with Gasteiger partial charge in [0, 0.05) is 10.8 Å². The van der Waals surface area contributed by atoms with Crippen molar-refractivity contribution >= 4 is 33.2 Å². The van der Waals surface area contributed by atoms with Gasteiger partial charge in [0.1, 0.15) is 16.6 Å². The first-order chi connectivity index (χ1) is 13.4. The van der Waals surface area contributed by atoms with Crippen molar-refractivity contribution in [3.63, 3.8) is 0 Å². The first-order valence-corrected chi connectivity index (χ1v) is 9.12. The van der Waals surface area contributed by atoms with Gasteiger partial charge in [-0.1, -0.05) is 51.1 Å². The van der Waals surface area contributed by atoms with Crippen molar-refractivity contribution in [2.24, 2.45) is 0 Å². The van der Waals surface area contributed by atoms with E-state index in [0.29, 0.717) is 22.3 Å². The van der Waals surface area contributed by atoms with Gasteiger partial charge in [-0.25, -0.2) is 19.4 Å². The lowest BCUT2D eigenvalue weighted by atomic mass is 9.92. The highest BCUT2D eigenvalue weighted by atomic mass is 16.4. The summed E-state index contributed by atoms with van der Waals surface area (Å²) in [6.07, 6.45) is 0. The highest BCUT2D eigenvalue weighted by Crippen LogP contribution is 2.31. The van der Waals surface area contributed by atoms with Gasteiger partial charge in [-0.2, -0.15) is 5.10 Å². The molecule has 0 amide bonds. The summed E-state index contributed by atoms with van der Waals surface area (Å²) in [5.74, 6) is 0. The molecular formula is C22H18N4O2. The number of rotatable bonds is 1. The number of benzene rings is 2. The number of hydrogen-bond acceptors (Lipinski definition) is 5. The minimum absolute atomic E-state index is 0.226. The predicted molar refractivity (Wildman–Crippen MR) is 109 cm³/mol. The van der Waals surface area contributed by atoms with E-state index in [9.17, 15) is 4.79 Å². The first-order valence-electron chi connectivity index (χ1n) is 9.12. The van der Waals surface area contributed by atoms with E-state index in [2.05, 4.69) is 25.8 Å². The van der Waals surface area contributed by atoms with Crippen molar-refractivity contribution in [1.82, 2.24) is 19.7 Å². The second-order valence-corrected chi connectivity index (χ2v) is 7.82. The van der Waals surface area contributed by atoms with E-state index in [1.165, 1.54) is 0 Å². The quantitative estimate of drug-likeness (QED) is 0.323. The standard InChI is InChI=1S/C22H18N4O2/c1-22(2,3)19-18-20(26(25-19)13-9-5-4-6-10-13)24-16-14-11-7-8-12-15(14)28-21(27)17(16)23-18/h4-12H,1-3H3. The van der Waals surface area contributed by atoms with Crippen LogP contribution < -0.4 is 5.63 Å². The Hall–Kier alpha value is -3.54. The van der Waals surface area contributed by atoms with Crippen LogP contribution in [-0.4, -0.2) is 19.7 Å². The van der Waals surface area contributed by atoms with Crippen molar-refractivity contribution < 1.29 is 4.42 Å². The Morgan fingerprint density at radius 1 is 0.857 bits per heavy atom. The zero-order valence-electron chi connectivity index (χ0n) is 15.8. The molecule has 0 N–H and O–H groups in total. The molecule has 138 valence electrons. The Bertz CT molecular complexity index is 1410. The van der Waals surface area contributed by atoms with Crippen LogP contribution >= 0.6 is 0 Å². The maximum atomic E-state index is 12.6. The van der Waals surface area contributed by atoms with E-state index in [1.54, 1.807) is 10.7 Å². The van der Waals surface area contributed by atoms with Crippen LogP contribution in [0.3, 0.4) is 0 Å². The molecule has 0 saturated carbocycles. The molecule has 0 aliphatic heterocycles. The monoisotopic (exact) mass is 370 g/mol. The average molecular weight is 370 g/mol. The van der Waals surface area contributed by atoms with Crippen molar-refractivity contribution in [2.75, 3.05) is 0 Å². The molecular weight excluding hydrogens is 352 g/mol. The number of nitrogens with zero attached hydrogens (tertiary/aromatic N) is 4. The minimum Gasteiger partial charge on any atom is -0.421 e. The zero-order valence-corrected chi connectivity index (χ0v) is 15.8. The van der Waals surface area contributed by atoms with Crippen LogP contribution in [0, 0.1) is 0 Å². The van der Waals surface area contributed by atoms with Gasteiger partial charge in [0.2, 0.25) is 0 Å². The molecule has 0 radical (unpaired) electrons. The van der Waals surface area contributed by atoms with Gasteiger partial charge in [-0.3, -0.25) is 0 Å². The molecule has 0 unspecified atom stereocenters. The molecule has 0 saturated heterocycles. The van der Waals surface area contributed by atoms with E-state index in [1.807, 2.05) is 48.5 Å². The van der Waals surface area contributed by atoms with Crippen LogP contribution in [-0.2, 0) is 5.41 Å². The van der Waals surface area contributed by atoms with Crippen LogP contribution in [0.2, 0.25) is 0 Å². The third kappa shape index (κ3) is 2.41. The number of para-hydroxylation sites is 2. The molecule has 3 aromatic heterocycles. The fourth-order valence-corrected chi connectivity index (χ4v) is 3.41. The molecule has 0 bridgehead atoms. The van der Waals surface area contributed by atoms with Crippen LogP contribution in [0.5, 0.6) is 0 Å². The van der Waals surface area contributed by atoms with Gasteiger partial charge in [0.05, 0.1) is 11.4 Å². The highest BCUT2D eigenvalue weighted by molar-refractivity contribution is 6.02. The first kappa shape index (κ1) is 16.6. The Morgan fingerprint density at radius 3 is 2.32 bits per heavy atom. The number of aromatic nitrogens is 4. The zero-order chi connectivity index (χ0) is 19.5. The number of fused-ring (bicyclic) bond motifs is 4. The second kappa shape index (κ2) is 5.73. The summed E-state index contributed by atoms with van der Waals surface area (Å²) in [5.41, 5.74) is 3.41. The number of hydrogen-bond donors (Lipinski definition) is 0. The predicted octanol–water partition coefficient (Wildman–Crippen LogP) is 4.37. The van der Waals surface area contributed by atoms with E-state index >= 15 is 0 Å². The fraction of sp³-hybridized carbons (Fsp3) is 0.182. The van der Waals surface area contributed by atoms with Crippen molar-refractivity contribution in [3.05, 3.63) is 70.7 Å². The summed E-state index contributed by atoms with van der Waals surface area (Å²) < 4.78 is 7.25. The Balaban J connectivity index is 1.99. The van der Waals surface area contributed by atoms with E-state index in [-0.39, 0.29) is 10.9 Å². The van der Waals surface area contributed by atoms with Crippen LogP contribution in [0.4, 0.5) is 0 Å². The molecule has 6 heteroatoms. The molecule has 0 spiro atoms. The SMILES string of the molecule is CC(C)(C)c1nn(-c2ccccc2)c2nc3c(nc12)c(=O)oc1ccccc13. The Kier molecular flexibility index (Phi) is 3.40. The third-order valence-corrected chi connectivity index (χ3v) is 4.75. The molecule has 2 aromatic carbocycles. The average Bonchev–Trinajstić information content (AvgIpc) is 3.07. The van der Waals surface area contributed by atoms with Crippen molar-refractivity contribution in [3.8, 4) is 5.69 Å². The fourth-order valence-electron chi connectivity index (χ4n) is 3.41. The Labute approximate surface area is 160 Å². The second-order valence-electron chi connectivity index (χ2n) is 7.82. The minimum atomic E-state index is -0.490. The van der Waals surface area contributed by atoms with Gasteiger partial charge < -0.3 is 4.42 Å². The maximum absolute atomic E-state index is 12.6. The topological polar surface area (TPSA) is 73.8 Å². The van der Waals surface area contributed by atoms with Gasteiger partial charge in [0.15, 0.2) is 11.2 Å². The van der Waals surface area contributed by atoms with Crippen LogP contribution in [0.1, 0.15) is 26.5 Å². The van der Waals surface area contributed by atoms with E-state index in [4.69, 9.17) is 14.5 Å². The molecule has 5 aromatic rings. The molecule has 3 heterocycles. The summed E-state index contributed by atoms with van der Waals surface area (Å²) >= 11 is 0. The largest absolute Gasteiger partial charge is 0.421 e.